The topological polar surface area (TPSA) is 121 Å². The number of nitrogens with zero attached hydrogens (tertiary/aromatic N) is 3. The highest BCUT2D eigenvalue weighted by Gasteiger charge is 2.20. The van der Waals surface area contributed by atoms with Crippen LogP contribution in [0, 0.1) is 0 Å². The molecule has 2 heterocycles. The van der Waals surface area contributed by atoms with E-state index < -0.39 is 15.9 Å². The van der Waals surface area contributed by atoms with Crippen molar-refractivity contribution in [3.63, 3.8) is 0 Å². The van der Waals surface area contributed by atoms with Gasteiger partial charge in [-0.2, -0.15) is 0 Å². The van der Waals surface area contributed by atoms with Crippen molar-refractivity contribution >= 4 is 49.1 Å². The second-order valence-corrected chi connectivity index (χ2v) is 8.52. The summed E-state index contributed by atoms with van der Waals surface area (Å²) in [5, 5.41) is 10.2. The first-order valence-corrected chi connectivity index (χ1v) is 10.6. The van der Waals surface area contributed by atoms with Gasteiger partial charge in [-0.05, 0) is 37.1 Å². The van der Waals surface area contributed by atoms with Crippen molar-refractivity contribution in [3.05, 3.63) is 29.8 Å². The van der Waals surface area contributed by atoms with Crippen LogP contribution in [0.15, 0.2) is 24.3 Å². The Morgan fingerprint density at radius 2 is 1.85 bits per heavy atom. The summed E-state index contributed by atoms with van der Waals surface area (Å²) in [5.41, 5.74) is 1.16. The van der Waals surface area contributed by atoms with Crippen LogP contribution in [0.3, 0.4) is 0 Å². The van der Waals surface area contributed by atoms with Gasteiger partial charge in [0.25, 0.3) is 5.91 Å². The number of rotatable bonds is 5. The molecule has 0 spiro atoms. The van der Waals surface area contributed by atoms with Crippen LogP contribution in [0.25, 0.3) is 0 Å². The number of amides is 2. The summed E-state index contributed by atoms with van der Waals surface area (Å²) < 4.78 is 24.5. The minimum atomic E-state index is -3.45. The Hall–Kier alpha value is -2.53. The molecule has 138 valence electrons. The standard InChI is InChI=1S/C15H17N5O4S2/c1-26(23,24)19-15-18-17-14(25-15)16-13(22)10-5-7-11(8-6-10)20-9-3-2-4-12(20)21/h5-8H,2-4,9H2,1H3,(H,18,19)(H,16,17,22). The number of nitrogens with one attached hydrogen (secondary N) is 2. The van der Waals surface area contributed by atoms with E-state index in [1.54, 1.807) is 29.2 Å². The molecular weight excluding hydrogens is 378 g/mol. The second-order valence-electron chi connectivity index (χ2n) is 5.79. The lowest BCUT2D eigenvalue weighted by Gasteiger charge is -2.26. The molecule has 0 aliphatic carbocycles. The van der Waals surface area contributed by atoms with Crippen molar-refractivity contribution < 1.29 is 18.0 Å². The van der Waals surface area contributed by atoms with Gasteiger partial charge >= 0.3 is 0 Å². The van der Waals surface area contributed by atoms with Gasteiger partial charge in [0.05, 0.1) is 6.26 Å². The lowest BCUT2D eigenvalue weighted by molar-refractivity contribution is -0.119. The number of hydrogen-bond acceptors (Lipinski definition) is 7. The van der Waals surface area contributed by atoms with Gasteiger partial charge in [0, 0.05) is 24.2 Å². The highest BCUT2D eigenvalue weighted by Crippen LogP contribution is 2.23. The molecule has 1 aromatic heterocycles. The first-order chi connectivity index (χ1) is 12.3. The number of hydrogen-bond donors (Lipinski definition) is 2. The van der Waals surface area contributed by atoms with Crippen molar-refractivity contribution in [3.8, 4) is 0 Å². The summed E-state index contributed by atoms with van der Waals surface area (Å²) in [6, 6.07) is 6.72. The molecule has 9 nitrogen and oxygen atoms in total. The minimum absolute atomic E-state index is 0.0711. The Morgan fingerprint density at radius 3 is 2.50 bits per heavy atom. The summed E-state index contributed by atoms with van der Waals surface area (Å²) in [4.78, 5) is 25.9. The molecule has 2 amide bonds. The fourth-order valence-corrected chi connectivity index (χ4v) is 3.98. The summed E-state index contributed by atoms with van der Waals surface area (Å²) in [7, 11) is -3.45. The van der Waals surface area contributed by atoms with E-state index in [1.165, 1.54) is 0 Å². The number of carbonyl (C=O) groups excluding carboxylic acids is 2. The molecule has 3 rings (SSSR count). The van der Waals surface area contributed by atoms with E-state index in [4.69, 9.17) is 0 Å². The fourth-order valence-electron chi connectivity index (χ4n) is 2.51. The minimum Gasteiger partial charge on any atom is -0.312 e. The Kier molecular flexibility index (Phi) is 5.18. The molecule has 11 heteroatoms. The van der Waals surface area contributed by atoms with Gasteiger partial charge in [-0.1, -0.05) is 11.3 Å². The molecule has 1 aromatic carbocycles. The van der Waals surface area contributed by atoms with Crippen LogP contribution >= 0.6 is 11.3 Å². The molecule has 0 atom stereocenters. The number of aromatic nitrogens is 2. The van der Waals surface area contributed by atoms with Gasteiger partial charge in [0.1, 0.15) is 0 Å². The van der Waals surface area contributed by atoms with Gasteiger partial charge < -0.3 is 4.90 Å². The number of anilines is 3. The second kappa shape index (κ2) is 7.38. The smallest absolute Gasteiger partial charge is 0.257 e. The normalized spacial score (nSPS) is 15.0. The van der Waals surface area contributed by atoms with Crippen molar-refractivity contribution in [1.82, 2.24) is 10.2 Å². The molecule has 2 N–H and O–H groups in total. The highest BCUT2D eigenvalue weighted by molar-refractivity contribution is 7.92. The molecular formula is C15H17N5O4S2. The molecule has 26 heavy (non-hydrogen) atoms. The van der Waals surface area contributed by atoms with Gasteiger partial charge in [0.15, 0.2) is 0 Å². The van der Waals surface area contributed by atoms with Gasteiger partial charge in [-0.3, -0.25) is 19.6 Å². The van der Waals surface area contributed by atoms with E-state index in [1.807, 2.05) is 0 Å². The van der Waals surface area contributed by atoms with E-state index in [2.05, 4.69) is 20.2 Å². The number of benzene rings is 1. The fraction of sp³-hybridized carbons (Fsp3) is 0.333. The summed E-state index contributed by atoms with van der Waals surface area (Å²) in [6.07, 6.45) is 3.42. The molecule has 1 aliphatic rings. The Bertz CT molecular complexity index is 924. The van der Waals surface area contributed by atoms with Crippen molar-refractivity contribution in [2.24, 2.45) is 0 Å². The average Bonchev–Trinajstić information content (AvgIpc) is 3.00. The van der Waals surface area contributed by atoms with E-state index >= 15 is 0 Å². The van der Waals surface area contributed by atoms with Gasteiger partial charge in [-0.15, -0.1) is 10.2 Å². The van der Waals surface area contributed by atoms with Crippen molar-refractivity contribution in [2.45, 2.75) is 19.3 Å². The SMILES string of the molecule is CS(=O)(=O)Nc1nnc(NC(=O)c2ccc(N3CCCCC3=O)cc2)s1. The summed E-state index contributed by atoms with van der Waals surface area (Å²) >= 11 is 0.912. The van der Waals surface area contributed by atoms with Gasteiger partial charge in [0.2, 0.25) is 26.2 Å². The summed E-state index contributed by atoms with van der Waals surface area (Å²) in [6.45, 7) is 0.686. The van der Waals surface area contributed by atoms with Crippen molar-refractivity contribution in [2.75, 3.05) is 27.7 Å². The first-order valence-electron chi connectivity index (χ1n) is 7.85. The lowest BCUT2D eigenvalue weighted by Crippen LogP contribution is -2.35. The third-order valence-electron chi connectivity index (χ3n) is 3.68. The molecule has 0 radical (unpaired) electrons. The van der Waals surface area contributed by atoms with Crippen LogP contribution in [0.2, 0.25) is 0 Å². The number of piperidine rings is 1. The third kappa shape index (κ3) is 4.55. The first kappa shape index (κ1) is 18.3. The number of carbonyl (C=O) groups is 2. The largest absolute Gasteiger partial charge is 0.312 e. The molecule has 1 saturated heterocycles. The van der Waals surface area contributed by atoms with Crippen LogP contribution in [-0.4, -0.2) is 43.2 Å². The van der Waals surface area contributed by atoms with Crippen molar-refractivity contribution in [1.29, 1.82) is 0 Å². The maximum atomic E-state index is 12.3. The van der Waals surface area contributed by atoms with Crippen LogP contribution in [0.1, 0.15) is 29.6 Å². The molecule has 0 unspecified atom stereocenters. The quantitative estimate of drug-likeness (QED) is 0.794. The van der Waals surface area contributed by atoms with E-state index in [9.17, 15) is 18.0 Å². The zero-order chi connectivity index (χ0) is 18.7. The summed E-state index contributed by atoms with van der Waals surface area (Å²) in [5.74, 6) is -0.309. The maximum Gasteiger partial charge on any atom is 0.257 e. The van der Waals surface area contributed by atoms with E-state index in [-0.39, 0.29) is 16.2 Å². The lowest BCUT2D eigenvalue weighted by atomic mass is 10.1. The molecule has 0 saturated carbocycles. The van der Waals surface area contributed by atoms with Crippen LogP contribution in [0.4, 0.5) is 16.0 Å². The Balaban J connectivity index is 1.66. The predicted octanol–water partition coefficient (Wildman–Crippen LogP) is 1.68. The number of sulfonamides is 1. The zero-order valence-electron chi connectivity index (χ0n) is 13.9. The Labute approximate surface area is 154 Å². The van der Waals surface area contributed by atoms with Crippen LogP contribution in [-0.2, 0) is 14.8 Å². The Morgan fingerprint density at radius 1 is 1.15 bits per heavy atom. The van der Waals surface area contributed by atoms with Gasteiger partial charge in [-0.25, -0.2) is 8.42 Å². The maximum absolute atomic E-state index is 12.3. The molecule has 2 aromatic rings. The predicted molar refractivity (Wildman–Crippen MR) is 99.0 cm³/mol. The van der Waals surface area contributed by atoms with Crippen LogP contribution < -0.4 is 14.9 Å². The average molecular weight is 395 g/mol. The van der Waals surface area contributed by atoms with Crippen LogP contribution in [0.5, 0.6) is 0 Å². The highest BCUT2D eigenvalue weighted by atomic mass is 32.2. The molecule has 0 bridgehead atoms. The molecule has 1 aliphatic heterocycles. The van der Waals surface area contributed by atoms with E-state index in [0.29, 0.717) is 18.5 Å². The zero-order valence-corrected chi connectivity index (χ0v) is 15.6. The van der Waals surface area contributed by atoms with E-state index in [0.717, 1.165) is 36.1 Å². The monoisotopic (exact) mass is 395 g/mol. The molecule has 1 fully saturated rings. The third-order valence-corrected chi connectivity index (χ3v) is 5.13.